The quantitative estimate of drug-likeness (QED) is 0.635. The zero-order chi connectivity index (χ0) is 14.7. The smallest absolute Gasteiger partial charge is 0.145 e. The average molecular weight is 362 g/mol. The fourth-order valence-electron chi connectivity index (χ4n) is 1.97. The van der Waals surface area contributed by atoms with Crippen molar-refractivity contribution >= 4 is 27.5 Å². The van der Waals surface area contributed by atoms with Crippen LogP contribution in [0.1, 0.15) is 17.2 Å². The summed E-state index contributed by atoms with van der Waals surface area (Å²) < 4.78 is 28.5. The molecule has 0 fully saturated rings. The van der Waals surface area contributed by atoms with Gasteiger partial charge < -0.3 is 0 Å². The molecule has 0 heterocycles. The van der Waals surface area contributed by atoms with Crippen LogP contribution in [0.15, 0.2) is 40.9 Å². The molecule has 0 radical (unpaired) electrons. The molecule has 2 aromatic rings. The van der Waals surface area contributed by atoms with Crippen molar-refractivity contribution in [3.8, 4) is 0 Å². The van der Waals surface area contributed by atoms with Crippen LogP contribution in [0.3, 0.4) is 0 Å². The van der Waals surface area contributed by atoms with E-state index in [2.05, 4.69) is 21.4 Å². The summed E-state index contributed by atoms with van der Waals surface area (Å²) in [5.74, 6) is 4.56. The Hall–Kier alpha value is -1.01. The molecule has 0 aliphatic carbocycles. The first kappa shape index (κ1) is 15.4. The molecule has 0 amide bonds. The van der Waals surface area contributed by atoms with Crippen LogP contribution in [0.5, 0.6) is 0 Å². The van der Waals surface area contributed by atoms with Gasteiger partial charge in [0.2, 0.25) is 0 Å². The lowest BCUT2D eigenvalue weighted by Crippen LogP contribution is -2.30. The van der Waals surface area contributed by atoms with E-state index in [1.165, 1.54) is 12.1 Å². The van der Waals surface area contributed by atoms with Gasteiger partial charge in [-0.05, 0) is 36.2 Å². The molecule has 0 spiro atoms. The highest BCUT2D eigenvalue weighted by Gasteiger charge is 2.18. The Bertz CT molecular complexity index is 622. The van der Waals surface area contributed by atoms with Crippen molar-refractivity contribution in [2.45, 2.75) is 12.5 Å². The molecular formula is C14H12BrClF2N2. The SMILES string of the molecule is NNC(Cc1cccc(Cl)c1F)c1cc(Br)ccc1F. The molecule has 3 N–H and O–H groups in total. The molecule has 0 saturated carbocycles. The van der Waals surface area contributed by atoms with Gasteiger partial charge in [-0.3, -0.25) is 11.3 Å². The van der Waals surface area contributed by atoms with Crippen LogP contribution in [0.4, 0.5) is 8.78 Å². The lowest BCUT2D eigenvalue weighted by Gasteiger charge is -2.18. The van der Waals surface area contributed by atoms with E-state index in [4.69, 9.17) is 17.4 Å². The molecular weight excluding hydrogens is 350 g/mol. The van der Waals surface area contributed by atoms with E-state index in [-0.39, 0.29) is 11.4 Å². The molecule has 1 unspecified atom stereocenters. The summed E-state index contributed by atoms with van der Waals surface area (Å²) >= 11 is 9.01. The van der Waals surface area contributed by atoms with Crippen LogP contribution in [0.2, 0.25) is 5.02 Å². The molecule has 6 heteroatoms. The number of benzene rings is 2. The van der Waals surface area contributed by atoms with Gasteiger partial charge in [-0.2, -0.15) is 0 Å². The Morgan fingerprint density at radius 1 is 1.25 bits per heavy atom. The number of halogens is 4. The third-order valence-corrected chi connectivity index (χ3v) is 3.78. The van der Waals surface area contributed by atoms with E-state index >= 15 is 0 Å². The fraction of sp³-hybridized carbons (Fsp3) is 0.143. The standard InChI is InChI=1S/C14H12BrClF2N2/c15-9-4-5-12(17)10(7-9)13(20-19)6-8-2-1-3-11(16)14(8)18/h1-5,7,13,20H,6,19H2. The van der Waals surface area contributed by atoms with Crippen molar-refractivity contribution in [3.63, 3.8) is 0 Å². The van der Waals surface area contributed by atoms with Gasteiger partial charge in [-0.1, -0.05) is 39.7 Å². The highest BCUT2D eigenvalue weighted by Crippen LogP contribution is 2.26. The van der Waals surface area contributed by atoms with Gasteiger partial charge in [-0.15, -0.1) is 0 Å². The van der Waals surface area contributed by atoms with Gasteiger partial charge in [0.1, 0.15) is 11.6 Å². The number of hydrogen-bond acceptors (Lipinski definition) is 2. The van der Waals surface area contributed by atoms with E-state index < -0.39 is 17.7 Å². The maximum Gasteiger partial charge on any atom is 0.145 e. The second-order valence-corrected chi connectivity index (χ2v) is 5.63. The number of hydrazine groups is 1. The minimum absolute atomic E-state index is 0.0352. The summed E-state index contributed by atoms with van der Waals surface area (Å²) in [5.41, 5.74) is 3.25. The summed E-state index contributed by atoms with van der Waals surface area (Å²) in [6, 6.07) is 8.69. The predicted molar refractivity (Wildman–Crippen MR) is 79.3 cm³/mol. The van der Waals surface area contributed by atoms with Crippen LogP contribution < -0.4 is 11.3 Å². The predicted octanol–water partition coefficient (Wildman–Crippen LogP) is 4.13. The van der Waals surface area contributed by atoms with Gasteiger partial charge >= 0.3 is 0 Å². The van der Waals surface area contributed by atoms with E-state index in [0.717, 1.165) is 4.47 Å². The lowest BCUT2D eigenvalue weighted by molar-refractivity contribution is 0.498. The van der Waals surface area contributed by atoms with E-state index in [1.807, 2.05) is 0 Å². The highest BCUT2D eigenvalue weighted by atomic mass is 79.9. The van der Waals surface area contributed by atoms with Gasteiger partial charge in [0.25, 0.3) is 0 Å². The topological polar surface area (TPSA) is 38.0 Å². The van der Waals surface area contributed by atoms with Crippen molar-refractivity contribution in [1.29, 1.82) is 0 Å². The van der Waals surface area contributed by atoms with Crippen molar-refractivity contribution in [3.05, 3.63) is 68.7 Å². The third kappa shape index (κ3) is 3.35. The zero-order valence-corrected chi connectivity index (χ0v) is 12.7. The Balaban J connectivity index is 2.34. The van der Waals surface area contributed by atoms with E-state index in [0.29, 0.717) is 11.1 Å². The van der Waals surface area contributed by atoms with E-state index in [9.17, 15) is 8.78 Å². The monoisotopic (exact) mass is 360 g/mol. The Kier molecular flexibility index (Phi) is 5.10. The fourth-order valence-corrected chi connectivity index (χ4v) is 2.54. The first-order valence-corrected chi connectivity index (χ1v) is 7.04. The first-order chi connectivity index (χ1) is 9.52. The second-order valence-electron chi connectivity index (χ2n) is 4.30. The Morgan fingerprint density at radius 2 is 2.00 bits per heavy atom. The summed E-state index contributed by atoms with van der Waals surface area (Å²) in [4.78, 5) is 0. The van der Waals surface area contributed by atoms with Gasteiger partial charge in [0.15, 0.2) is 0 Å². The summed E-state index contributed by atoms with van der Waals surface area (Å²) in [6.07, 6.45) is 0.191. The largest absolute Gasteiger partial charge is 0.271 e. The number of hydrogen-bond donors (Lipinski definition) is 2. The summed E-state index contributed by atoms with van der Waals surface area (Å²) in [7, 11) is 0. The van der Waals surface area contributed by atoms with Crippen LogP contribution in [0, 0.1) is 11.6 Å². The number of nitrogens with two attached hydrogens (primary N) is 1. The molecule has 0 aromatic heterocycles. The molecule has 106 valence electrons. The van der Waals surface area contributed by atoms with Crippen molar-refractivity contribution in [2.24, 2.45) is 5.84 Å². The molecule has 2 nitrogen and oxygen atoms in total. The molecule has 0 saturated heterocycles. The minimum atomic E-state index is -0.555. The van der Waals surface area contributed by atoms with Gasteiger partial charge in [0.05, 0.1) is 11.1 Å². The Labute approximate surface area is 129 Å². The average Bonchev–Trinajstić information content (AvgIpc) is 2.43. The van der Waals surface area contributed by atoms with E-state index in [1.54, 1.807) is 24.3 Å². The van der Waals surface area contributed by atoms with Crippen LogP contribution >= 0.6 is 27.5 Å². The van der Waals surface area contributed by atoms with Gasteiger partial charge in [-0.25, -0.2) is 8.78 Å². The first-order valence-electron chi connectivity index (χ1n) is 5.87. The molecule has 0 bridgehead atoms. The van der Waals surface area contributed by atoms with Crippen LogP contribution in [-0.2, 0) is 6.42 Å². The minimum Gasteiger partial charge on any atom is -0.271 e. The maximum atomic E-state index is 13.9. The number of rotatable bonds is 4. The third-order valence-electron chi connectivity index (χ3n) is 2.99. The molecule has 2 aromatic carbocycles. The molecule has 1 atom stereocenters. The lowest BCUT2D eigenvalue weighted by atomic mass is 9.98. The van der Waals surface area contributed by atoms with Gasteiger partial charge in [0, 0.05) is 10.0 Å². The normalized spacial score (nSPS) is 12.4. The highest BCUT2D eigenvalue weighted by molar-refractivity contribution is 9.10. The Morgan fingerprint density at radius 3 is 2.70 bits per heavy atom. The molecule has 2 rings (SSSR count). The van der Waals surface area contributed by atoms with Crippen molar-refractivity contribution in [1.82, 2.24) is 5.43 Å². The zero-order valence-electron chi connectivity index (χ0n) is 10.3. The van der Waals surface area contributed by atoms with Crippen LogP contribution in [-0.4, -0.2) is 0 Å². The molecule has 0 aliphatic heterocycles. The molecule has 20 heavy (non-hydrogen) atoms. The second kappa shape index (κ2) is 6.63. The number of nitrogens with one attached hydrogen (secondary N) is 1. The van der Waals surface area contributed by atoms with Crippen molar-refractivity contribution < 1.29 is 8.78 Å². The summed E-state index contributed by atoms with van der Waals surface area (Å²) in [5, 5.41) is 0.0352. The maximum absolute atomic E-state index is 13.9. The summed E-state index contributed by atoms with van der Waals surface area (Å²) in [6.45, 7) is 0. The molecule has 0 aliphatic rings. The van der Waals surface area contributed by atoms with Crippen molar-refractivity contribution in [2.75, 3.05) is 0 Å². The van der Waals surface area contributed by atoms with Crippen LogP contribution in [0.25, 0.3) is 0 Å².